The Balaban J connectivity index is 1.98. The first-order valence-corrected chi connectivity index (χ1v) is 5.27. The minimum Gasteiger partial charge on any atom is -0.472 e. The minimum absolute atomic E-state index is 0.0709. The third kappa shape index (κ3) is 3.25. The molecule has 0 spiro atoms. The molecular weight excluding hydrogens is 250 g/mol. The lowest BCUT2D eigenvalue weighted by atomic mass is 10.2. The summed E-state index contributed by atoms with van der Waals surface area (Å²) < 4.78 is 4.82. The molecule has 0 unspecified atom stereocenters. The van der Waals surface area contributed by atoms with E-state index in [0.717, 1.165) is 0 Å². The fourth-order valence-corrected chi connectivity index (χ4v) is 1.31. The molecule has 0 saturated carbocycles. The zero-order chi connectivity index (χ0) is 13.7. The van der Waals surface area contributed by atoms with Crippen LogP contribution in [0.25, 0.3) is 0 Å². The Morgan fingerprint density at radius 3 is 2.63 bits per heavy atom. The second kappa shape index (κ2) is 5.58. The molecule has 19 heavy (non-hydrogen) atoms. The molecule has 7 heteroatoms. The van der Waals surface area contributed by atoms with Gasteiger partial charge in [0.2, 0.25) is 0 Å². The molecule has 0 aliphatic heterocycles. The molecule has 0 radical (unpaired) electrons. The number of nitro groups is 1. The Morgan fingerprint density at radius 2 is 2.05 bits per heavy atom. The number of non-ortho nitro benzene ring substituents is 1. The maximum absolute atomic E-state index is 11.6. The van der Waals surface area contributed by atoms with E-state index in [-0.39, 0.29) is 11.3 Å². The van der Waals surface area contributed by atoms with Gasteiger partial charge in [0.1, 0.15) is 0 Å². The van der Waals surface area contributed by atoms with E-state index >= 15 is 0 Å². The van der Waals surface area contributed by atoms with Crippen molar-refractivity contribution in [1.29, 1.82) is 0 Å². The number of nitro benzene ring substituents is 1. The van der Waals surface area contributed by atoms with Crippen LogP contribution >= 0.6 is 0 Å². The lowest BCUT2D eigenvalue weighted by Crippen LogP contribution is -2.17. The number of hydrazone groups is 1. The van der Waals surface area contributed by atoms with Crippen LogP contribution in [0.3, 0.4) is 0 Å². The summed E-state index contributed by atoms with van der Waals surface area (Å²) in [5.74, 6) is -0.449. The number of benzene rings is 1. The van der Waals surface area contributed by atoms with Crippen molar-refractivity contribution in [2.45, 2.75) is 0 Å². The fourth-order valence-electron chi connectivity index (χ4n) is 1.31. The van der Waals surface area contributed by atoms with Crippen LogP contribution in [-0.2, 0) is 0 Å². The summed E-state index contributed by atoms with van der Waals surface area (Å²) in [6.07, 6.45) is 4.38. The lowest BCUT2D eigenvalue weighted by Gasteiger charge is -1.98. The van der Waals surface area contributed by atoms with Gasteiger partial charge in [-0.05, 0) is 18.2 Å². The second-order valence-electron chi connectivity index (χ2n) is 3.56. The van der Waals surface area contributed by atoms with Crippen molar-refractivity contribution < 1.29 is 14.1 Å². The van der Waals surface area contributed by atoms with Crippen molar-refractivity contribution in [2.24, 2.45) is 5.10 Å². The molecule has 0 saturated heterocycles. The third-order valence-electron chi connectivity index (χ3n) is 2.26. The van der Waals surface area contributed by atoms with Crippen molar-refractivity contribution in [3.05, 3.63) is 64.1 Å². The van der Waals surface area contributed by atoms with Crippen molar-refractivity contribution >= 4 is 17.8 Å². The smallest absolute Gasteiger partial charge is 0.271 e. The Hall–Kier alpha value is -2.96. The number of nitrogens with one attached hydrogen (secondary N) is 1. The van der Waals surface area contributed by atoms with Gasteiger partial charge in [0.05, 0.1) is 23.7 Å². The van der Waals surface area contributed by atoms with E-state index < -0.39 is 10.8 Å². The SMILES string of the molecule is O=C(N/N=C/c1ccoc1)c1ccc([N+](=O)[O-])cc1. The van der Waals surface area contributed by atoms with Crippen LogP contribution in [0.15, 0.2) is 52.4 Å². The van der Waals surface area contributed by atoms with Crippen LogP contribution in [0.4, 0.5) is 5.69 Å². The van der Waals surface area contributed by atoms with Gasteiger partial charge in [0.25, 0.3) is 11.6 Å². The highest BCUT2D eigenvalue weighted by molar-refractivity contribution is 5.95. The average Bonchev–Trinajstić information content (AvgIpc) is 2.92. The van der Waals surface area contributed by atoms with Crippen LogP contribution < -0.4 is 5.43 Å². The average molecular weight is 259 g/mol. The van der Waals surface area contributed by atoms with Gasteiger partial charge in [-0.3, -0.25) is 14.9 Å². The normalized spacial score (nSPS) is 10.5. The number of amides is 1. The highest BCUT2D eigenvalue weighted by Gasteiger charge is 2.08. The molecule has 7 nitrogen and oxygen atoms in total. The Morgan fingerprint density at radius 1 is 1.32 bits per heavy atom. The van der Waals surface area contributed by atoms with E-state index in [1.165, 1.54) is 43.0 Å². The van der Waals surface area contributed by atoms with Gasteiger partial charge in [-0.1, -0.05) is 0 Å². The lowest BCUT2D eigenvalue weighted by molar-refractivity contribution is -0.384. The number of carbonyl (C=O) groups is 1. The van der Waals surface area contributed by atoms with Crippen LogP contribution in [0, 0.1) is 10.1 Å². The summed E-state index contributed by atoms with van der Waals surface area (Å²) in [5.41, 5.74) is 3.23. The van der Waals surface area contributed by atoms with Gasteiger partial charge in [0.15, 0.2) is 0 Å². The monoisotopic (exact) mass is 259 g/mol. The van der Waals surface area contributed by atoms with E-state index in [4.69, 9.17) is 4.42 Å². The van der Waals surface area contributed by atoms with Crippen molar-refractivity contribution in [3.63, 3.8) is 0 Å². The standard InChI is InChI=1S/C12H9N3O4/c16-12(14-13-7-9-5-6-19-8-9)10-1-3-11(4-2-10)15(17)18/h1-8H,(H,14,16)/b13-7+. The van der Waals surface area contributed by atoms with Gasteiger partial charge >= 0.3 is 0 Å². The molecule has 1 heterocycles. The molecule has 1 N–H and O–H groups in total. The van der Waals surface area contributed by atoms with Gasteiger partial charge in [-0.2, -0.15) is 5.10 Å². The van der Waals surface area contributed by atoms with E-state index in [1.54, 1.807) is 6.07 Å². The summed E-state index contributed by atoms with van der Waals surface area (Å²) in [5, 5.41) is 14.2. The van der Waals surface area contributed by atoms with Crippen molar-refractivity contribution in [3.8, 4) is 0 Å². The first-order valence-electron chi connectivity index (χ1n) is 5.27. The Labute approximate surface area is 107 Å². The summed E-state index contributed by atoms with van der Waals surface area (Å²) in [6, 6.07) is 6.92. The molecule has 2 rings (SSSR count). The third-order valence-corrected chi connectivity index (χ3v) is 2.26. The van der Waals surface area contributed by atoms with Gasteiger partial charge in [0, 0.05) is 23.3 Å². The van der Waals surface area contributed by atoms with Gasteiger partial charge < -0.3 is 4.42 Å². The summed E-state index contributed by atoms with van der Waals surface area (Å²) in [7, 11) is 0. The predicted molar refractivity (Wildman–Crippen MR) is 66.9 cm³/mol. The summed E-state index contributed by atoms with van der Waals surface area (Å²) in [4.78, 5) is 21.6. The molecular formula is C12H9N3O4. The van der Waals surface area contributed by atoms with Crippen molar-refractivity contribution in [1.82, 2.24) is 5.43 Å². The Kier molecular flexibility index (Phi) is 3.67. The highest BCUT2D eigenvalue weighted by Crippen LogP contribution is 2.11. The fraction of sp³-hybridized carbons (Fsp3) is 0. The number of furan rings is 1. The maximum atomic E-state index is 11.6. The first-order chi connectivity index (χ1) is 9.16. The van der Waals surface area contributed by atoms with Gasteiger partial charge in [-0.15, -0.1) is 0 Å². The van der Waals surface area contributed by atoms with Crippen LogP contribution in [0.1, 0.15) is 15.9 Å². The zero-order valence-corrected chi connectivity index (χ0v) is 9.65. The van der Waals surface area contributed by atoms with Crippen LogP contribution in [-0.4, -0.2) is 17.0 Å². The molecule has 1 aromatic heterocycles. The molecule has 96 valence electrons. The topological polar surface area (TPSA) is 97.7 Å². The van der Waals surface area contributed by atoms with E-state index in [9.17, 15) is 14.9 Å². The quantitative estimate of drug-likeness (QED) is 0.515. The Bertz CT molecular complexity index is 602. The molecule has 0 aliphatic rings. The van der Waals surface area contributed by atoms with Crippen LogP contribution in [0.2, 0.25) is 0 Å². The maximum Gasteiger partial charge on any atom is 0.271 e. The summed E-state index contributed by atoms with van der Waals surface area (Å²) >= 11 is 0. The second-order valence-corrected chi connectivity index (χ2v) is 3.56. The number of carbonyl (C=O) groups excluding carboxylic acids is 1. The minimum atomic E-state index is -0.529. The van der Waals surface area contributed by atoms with E-state index in [1.807, 2.05) is 0 Å². The summed E-state index contributed by atoms with van der Waals surface area (Å²) in [6.45, 7) is 0. The highest BCUT2D eigenvalue weighted by atomic mass is 16.6. The molecule has 1 amide bonds. The van der Waals surface area contributed by atoms with Crippen molar-refractivity contribution in [2.75, 3.05) is 0 Å². The largest absolute Gasteiger partial charge is 0.472 e. The number of nitrogens with zero attached hydrogens (tertiary/aromatic N) is 2. The molecule has 0 aliphatic carbocycles. The molecule has 2 aromatic rings. The van der Waals surface area contributed by atoms with Crippen LogP contribution in [0.5, 0.6) is 0 Å². The first kappa shape index (κ1) is 12.5. The number of hydrogen-bond donors (Lipinski definition) is 1. The molecule has 0 fully saturated rings. The molecule has 0 atom stereocenters. The molecule has 1 aromatic carbocycles. The zero-order valence-electron chi connectivity index (χ0n) is 9.65. The van der Waals surface area contributed by atoms with Gasteiger partial charge in [-0.25, -0.2) is 5.43 Å². The van der Waals surface area contributed by atoms with E-state index in [2.05, 4.69) is 10.5 Å². The molecule has 0 bridgehead atoms. The number of rotatable bonds is 4. The van der Waals surface area contributed by atoms with E-state index in [0.29, 0.717) is 5.56 Å². The predicted octanol–water partition coefficient (Wildman–Crippen LogP) is 1.95. The number of hydrogen-bond acceptors (Lipinski definition) is 5.